The average molecular weight is 382 g/mol. The molecule has 0 atom stereocenters. The van der Waals surface area contributed by atoms with Gasteiger partial charge in [-0.05, 0) is 42.0 Å². The molecule has 4 nitrogen and oxygen atoms in total. The molecule has 3 rings (SSSR count). The topological polar surface area (TPSA) is 47.6 Å². The van der Waals surface area contributed by atoms with Crippen molar-refractivity contribution in [1.29, 1.82) is 0 Å². The Balaban J connectivity index is 1.46. The number of carbonyl (C=O) groups excluding carboxylic acids is 1. The summed E-state index contributed by atoms with van der Waals surface area (Å²) < 4.78 is 11.2. The van der Waals surface area contributed by atoms with Crippen molar-refractivity contribution in [1.82, 2.24) is 0 Å². The highest BCUT2D eigenvalue weighted by Gasteiger charge is 2.05. The van der Waals surface area contributed by atoms with Crippen molar-refractivity contribution in [3.63, 3.8) is 0 Å². The fourth-order valence-electron chi connectivity index (χ4n) is 2.47. The highest BCUT2D eigenvalue weighted by molar-refractivity contribution is 6.30. The number of hydrogen-bond donors (Lipinski definition) is 1. The van der Waals surface area contributed by atoms with E-state index in [0.29, 0.717) is 28.8 Å². The molecule has 0 spiro atoms. The van der Waals surface area contributed by atoms with Crippen LogP contribution in [0.5, 0.6) is 11.5 Å². The number of nitrogens with one attached hydrogen (secondary N) is 1. The van der Waals surface area contributed by atoms with E-state index in [4.69, 9.17) is 21.1 Å². The standard InChI is InChI=1S/C22H20ClNO3/c23-18-9-11-20(12-10-18)27-16-22(25)24-19-7-4-8-21(15-19)26-14-13-17-5-2-1-3-6-17/h1-12,15H,13-14,16H2,(H,24,25). The third-order valence-electron chi connectivity index (χ3n) is 3.80. The molecular weight excluding hydrogens is 362 g/mol. The van der Waals surface area contributed by atoms with Crippen molar-refractivity contribution in [3.05, 3.63) is 89.4 Å². The lowest BCUT2D eigenvalue weighted by molar-refractivity contribution is -0.118. The lowest BCUT2D eigenvalue weighted by Gasteiger charge is -2.10. The Kier molecular flexibility index (Phi) is 6.72. The molecule has 0 fully saturated rings. The third-order valence-corrected chi connectivity index (χ3v) is 4.06. The van der Waals surface area contributed by atoms with Crippen molar-refractivity contribution in [2.75, 3.05) is 18.5 Å². The molecule has 0 saturated carbocycles. The maximum absolute atomic E-state index is 12.1. The van der Waals surface area contributed by atoms with Gasteiger partial charge < -0.3 is 14.8 Å². The zero-order valence-electron chi connectivity index (χ0n) is 14.7. The largest absolute Gasteiger partial charge is 0.493 e. The Bertz CT molecular complexity index is 866. The lowest BCUT2D eigenvalue weighted by Crippen LogP contribution is -2.20. The molecule has 5 heteroatoms. The molecule has 3 aromatic rings. The van der Waals surface area contributed by atoms with Gasteiger partial charge in [-0.15, -0.1) is 0 Å². The molecule has 0 aliphatic rings. The lowest BCUT2D eigenvalue weighted by atomic mass is 10.2. The van der Waals surface area contributed by atoms with E-state index in [1.807, 2.05) is 36.4 Å². The predicted octanol–water partition coefficient (Wildman–Crippen LogP) is 4.98. The van der Waals surface area contributed by atoms with Crippen LogP contribution >= 0.6 is 11.6 Å². The number of rotatable bonds is 8. The summed E-state index contributed by atoms with van der Waals surface area (Å²) in [5.41, 5.74) is 1.89. The summed E-state index contributed by atoms with van der Waals surface area (Å²) in [5.74, 6) is 1.06. The minimum Gasteiger partial charge on any atom is -0.493 e. The fourth-order valence-corrected chi connectivity index (χ4v) is 2.60. The maximum Gasteiger partial charge on any atom is 0.262 e. The summed E-state index contributed by atoms with van der Waals surface area (Å²) in [6, 6.07) is 24.3. The van der Waals surface area contributed by atoms with Crippen LogP contribution in [-0.4, -0.2) is 19.1 Å². The van der Waals surface area contributed by atoms with E-state index in [1.54, 1.807) is 30.3 Å². The minimum atomic E-state index is -0.244. The van der Waals surface area contributed by atoms with Crippen LogP contribution in [-0.2, 0) is 11.2 Å². The van der Waals surface area contributed by atoms with Gasteiger partial charge in [-0.2, -0.15) is 0 Å². The second kappa shape index (κ2) is 9.64. The van der Waals surface area contributed by atoms with E-state index >= 15 is 0 Å². The van der Waals surface area contributed by atoms with Gasteiger partial charge in [0, 0.05) is 23.2 Å². The highest BCUT2D eigenvalue weighted by atomic mass is 35.5. The van der Waals surface area contributed by atoms with Crippen LogP contribution in [0.25, 0.3) is 0 Å². The maximum atomic E-state index is 12.1. The molecule has 27 heavy (non-hydrogen) atoms. The normalized spacial score (nSPS) is 10.3. The van der Waals surface area contributed by atoms with Crippen molar-refractivity contribution in [2.24, 2.45) is 0 Å². The zero-order chi connectivity index (χ0) is 18.9. The molecule has 0 aliphatic carbocycles. The van der Waals surface area contributed by atoms with Gasteiger partial charge in [-0.1, -0.05) is 48.0 Å². The molecule has 138 valence electrons. The van der Waals surface area contributed by atoms with Gasteiger partial charge in [-0.3, -0.25) is 4.79 Å². The van der Waals surface area contributed by atoms with Gasteiger partial charge in [0.25, 0.3) is 5.91 Å². The predicted molar refractivity (Wildman–Crippen MR) is 108 cm³/mol. The average Bonchev–Trinajstić information content (AvgIpc) is 2.69. The number of amides is 1. The Morgan fingerprint density at radius 1 is 0.852 bits per heavy atom. The van der Waals surface area contributed by atoms with Crippen molar-refractivity contribution in [2.45, 2.75) is 6.42 Å². The summed E-state index contributed by atoms with van der Waals surface area (Å²) in [6.07, 6.45) is 0.826. The molecule has 0 saturated heterocycles. The first-order valence-corrected chi connectivity index (χ1v) is 9.02. The molecule has 0 heterocycles. The molecule has 3 aromatic carbocycles. The van der Waals surface area contributed by atoms with Gasteiger partial charge in [0.05, 0.1) is 6.61 Å². The smallest absolute Gasteiger partial charge is 0.262 e. The molecule has 1 N–H and O–H groups in total. The first-order valence-electron chi connectivity index (χ1n) is 8.64. The number of carbonyl (C=O) groups is 1. The molecule has 0 unspecified atom stereocenters. The number of anilines is 1. The van der Waals surface area contributed by atoms with Crippen molar-refractivity contribution >= 4 is 23.2 Å². The van der Waals surface area contributed by atoms with Gasteiger partial charge in [0.1, 0.15) is 11.5 Å². The van der Waals surface area contributed by atoms with Crippen LogP contribution < -0.4 is 14.8 Å². The molecule has 1 amide bonds. The Labute approximate surface area is 163 Å². The summed E-state index contributed by atoms with van der Waals surface area (Å²) in [6.45, 7) is 0.488. The van der Waals surface area contributed by atoms with Crippen LogP contribution in [0.4, 0.5) is 5.69 Å². The van der Waals surface area contributed by atoms with Crippen LogP contribution in [0, 0.1) is 0 Å². The Morgan fingerprint density at radius 3 is 2.41 bits per heavy atom. The van der Waals surface area contributed by atoms with E-state index in [9.17, 15) is 4.79 Å². The van der Waals surface area contributed by atoms with Crippen molar-refractivity contribution < 1.29 is 14.3 Å². The first kappa shape index (κ1) is 18.8. The summed E-state index contributed by atoms with van der Waals surface area (Å²) in [7, 11) is 0. The van der Waals surface area contributed by atoms with Gasteiger partial charge in [0.2, 0.25) is 0 Å². The van der Waals surface area contributed by atoms with E-state index < -0.39 is 0 Å². The molecule has 0 bridgehead atoms. The van der Waals surface area contributed by atoms with Gasteiger partial charge in [-0.25, -0.2) is 0 Å². The minimum absolute atomic E-state index is 0.0826. The molecular formula is C22H20ClNO3. The number of ether oxygens (including phenoxy) is 2. The van der Waals surface area contributed by atoms with E-state index in [1.165, 1.54) is 5.56 Å². The molecule has 0 aliphatic heterocycles. The summed E-state index contributed by atoms with van der Waals surface area (Å²) >= 11 is 5.82. The summed E-state index contributed by atoms with van der Waals surface area (Å²) in [5, 5.41) is 3.42. The molecule has 0 radical (unpaired) electrons. The van der Waals surface area contributed by atoms with Gasteiger partial charge >= 0.3 is 0 Å². The van der Waals surface area contributed by atoms with Crippen molar-refractivity contribution in [3.8, 4) is 11.5 Å². The second-order valence-electron chi connectivity index (χ2n) is 5.90. The monoisotopic (exact) mass is 381 g/mol. The Morgan fingerprint density at radius 2 is 1.63 bits per heavy atom. The highest BCUT2D eigenvalue weighted by Crippen LogP contribution is 2.18. The van der Waals surface area contributed by atoms with E-state index in [0.717, 1.165) is 6.42 Å². The van der Waals surface area contributed by atoms with Crippen LogP contribution in [0.2, 0.25) is 5.02 Å². The SMILES string of the molecule is O=C(COc1ccc(Cl)cc1)Nc1cccc(OCCc2ccccc2)c1. The van der Waals surface area contributed by atoms with E-state index in [-0.39, 0.29) is 12.5 Å². The fraction of sp³-hybridized carbons (Fsp3) is 0.136. The van der Waals surface area contributed by atoms with Gasteiger partial charge in [0.15, 0.2) is 6.61 Å². The number of hydrogen-bond acceptors (Lipinski definition) is 3. The second-order valence-corrected chi connectivity index (χ2v) is 6.34. The first-order chi connectivity index (χ1) is 13.2. The number of halogens is 1. The summed E-state index contributed by atoms with van der Waals surface area (Å²) in [4.78, 5) is 12.1. The number of benzene rings is 3. The van der Waals surface area contributed by atoms with E-state index in [2.05, 4.69) is 17.4 Å². The third kappa shape index (κ3) is 6.35. The Hall–Kier alpha value is -2.98. The quantitative estimate of drug-likeness (QED) is 0.598. The zero-order valence-corrected chi connectivity index (χ0v) is 15.5. The van der Waals surface area contributed by atoms with Crippen LogP contribution in [0.15, 0.2) is 78.9 Å². The van der Waals surface area contributed by atoms with Crippen LogP contribution in [0.1, 0.15) is 5.56 Å². The van der Waals surface area contributed by atoms with Crippen LogP contribution in [0.3, 0.4) is 0 Å². The molecule has 0 aromatic heterocycles.